The molecule has 2 aromatic rings. The maximum Gasteiger partial charge on any atom is 0.159 e. The molecule has 1 aliphatic rings. The predicted octanol–water partition coefficient (Wildman–Crippen LogP) is 4.09. The summed E-state index contributed by atoms with van der Waals surface area (Å²) in [6, 6.07) is 8.51. The first-order valence-electron chi connectivity index (χ1n) is 9.70. The van der Waals surface area contributed by atoms with Crippen LogP contribution in [-0.2, 0) is 6.42 Å². The van der Waals surface area contributed by atoms with E-state index in [4.69, 9.17) is 5.73 Å². The monoisotopic (exact) mass is 368 g/mol. The molecule has 0 aliphatic carbocycles. The van der Waals surface area contributed by atoms with Crippen LogP contribution in [0.15, 0.2) is 30.6 Å². The number of nitrogens with zero attached hydrogens (tertiary/aromatic N) is 2. The number of aromatic nitrogens is 2. The van der Waals surface area contributed by atoms with Crippen molar-refractivity contribution in [3.8, 4) is 0 Å². The van der Waals surface area contributed by atoms with Gasteiger partial charge in [-0.25, -0.2) is 9.97 Å². The average molecular weight is 369 g/mol. The Morgan fingerprint density at radius 1 is 1.07 bits per heavy atom. The van der Waals surface area contributed by atoms with Gasteiger partial charge in [0.1, 0.15) is 12.0 Å². The fraction of sp³-hybridized carbons (Fsp3) is 0.524. The quantitative estimate of drug-likeness (QED) is 0.636. The van der Waals surface area contributed by atoms with Gasteiger partial charge in [0, 0.05) is 22.8 Å². The van der Waals surface area contributed by atoms with Crippen molar-refractivity contribution < 1.29 is 0 Å². The molecule has 1 fully saturated rings. The number of nitrogen functional groups attached to an aromatic ring is 1. The number of anilines is 4. The summed E-state index contributed by atoms with van der Waals surface area (Å²) in [4.78, 5) is 8.77. The molecular weight excluding hydrogens is 336 g/mol. The summed E-state index contributed by atoms with van der Waals surface area (Å²) in [5.74, 6) is 1.33. The lowest BCUT2D eigenvalue weighted by Gasteiger charge is -2.46. The number of rotatable bonds is 5. The van der Waals surface area contributed by atoms with Gasteiger partial charge in [-0.2, -0.15) is 0 Å². The summed E-state index contributed by atoms with van der Waals surface area (Å²) < 4.78 is 0. The van der Waals surface area contributed by atoms with Crippen LogP contribution in [0.1, 0.15) is 53.0 Å². The highest BCUT2D eigenvalue weighted by Gasteiger charge is 2.37. The summed E-state index contributed by atoms with van der Waals surface area (Å²) in [6.07, 6.45) is 4.51. The van der Waals surface area contributed by atoms with E-state index < -0.39 is 0 Å². The van der Waals surface area contributed by atoms with Crippen LogP contribution >= 0.6 is 0 Å². The Morgan fingerprint density at radius 2 is 1.70 bits per heavy atom. The predicted molar refractivity (Wildman–Crippen MR) is 113 cm³/mol. The molecule has 6 heteroatoms. The zero-order valence-corrected chi connectivity index (χ0v) is 17.1. The fourth-order valence-corrected chi connectivity index (χ4v) is 4.31. The lowest BCUT2D eigenvalue weighted by molar-refractivity contribution is 0.170. The van der Waals surface area contributed by atoms with Crippen LogP contribution in [0.5, 0.6) is 0 Å². The molecular formula is C21H32N6. The van der Waals surface area contributed by atoms with E-state index in [-0.39, 0.29) is 11.1 Å². The van der Waals surface area contributed by atoms with Gasteiger partial charge in [0.05, 0.1) is 0 Å². The molecule has 0 saturated carbocycles. The van der Waals surface area contributed by atoms with Gasteiger partial charge in [0.2, 0.25) is 0 Å². The van der Waals surface area contributed by atoms with Crippen LogP contribution in [0.3, 0.4) is 0 Å². The number of nitrogens with one attached hydrogen (secondary N) is 3. The Morgan fingerprint density at radius 3 is 2.37 bits per heavy atom. The minimum Gasteiger partial charge on any atom is -0.393 e. The lowest BCUT2D eigenvalue weighted by Crippen LogP contribution is -2.60. The van der Waals surface area contributed by atoms with Crippen LogP contribution in [0.2, 0.25) is 0 Å². The zero-order chi connectivity index (χ0) is 19.7. The molecule has 0 spiro atoms. The molecule has 6 nitrogen and oxygen atoms in total. The second-order valence-electron chi connectivity index (χ2n) is 8.76. The SMILES string of the molecule is CCc1ccccc1Nc1ncnc(NC2CC(C)(C)NC(C)(C)C2)c1N. The van der Waals surface area contributed by atoms with Crippen molar-refractivity contribution in [1.82, 2.24) is 15.3 Å². The van der Waals surface area contributed by atoms with Crippen LogP contribution in [0.25, 0.3) is 0 Å². The minimum atomic E-state index is 0.0579. The van der Waals surface area contributed by atoms with Crippen LogP contribution < -0.4 is 21.7 Å². The Kier molecular flexibility index (Phi) is 5.29. The van der Waals surface area contributed by atoms with Gasteiger partial charge in [0.15, 0.2) is 11.6 Å². The number of piperidine rings is 1. The molecule has 0 radical (unpaired) electrons. The fourth-order valence-electron chi connectivity index (χ4n) is 4.31. The topological polar surface area (TPSA) is 87.9 Å². The number of para-hydroxylation sites is 1. The molecule has 1 aromatic heterocycles. The smallest absolute Gasteiger partial charge is 0.159 e. The van der Waals surface area contributed by atoms with Crippen LogP contribution in [0, 0.1) is 0 Å². The third-order valence-corrected chi connectivity index (χ3v) is 5.07. The van der Waals surface area contributed by atoms with Crippen molar-refractivity contribution in [1.29, 1.82) is 0 Å². The Labute approximate surface area is 162 Å². The first-order valence-corrected chi connectivity index (χ1v) is 9.70. The van der Waals surface area contributed by atoms with E-state index in [9.17, 15) is 0 Å². The van der Waals surface area contributed by atoms with Gasteiger partial charge >= 0.3 is 0 Å². The van der Waals surface area contributed by atoms with Crippen LogP contribution in [-0.4, -0.2) is 27.1 Å². The van der Waals surface area contributed by atoms with Crippen molar-refractivity contribution in [2.24, 2.45) is 0 Å². The highest BCUT2D eigenvalue weighted by molar-refractivity contribution is 5.78. The lowest BCUT2D eigenvalue weighted by atomic mass is 9.79. The van der Waals surface area contributed by atoms with E-state index >= 15 is 0 Å². The van der Waals surface area contributed by atoms with Crippen molar-refractivity contribution >= 4 is 23.0 Å². The molecule has 2 heterocycles. The largest absolute Gasteiger partial charge is 0.393 e. The standard InChI is InChI=1S/C21H32N6/c1-6-14-9-7-8-10-16(14)26-19-17(22)18(23-13-24-19)25-15-11-20(2,3)27-21(4,5)12-15/h7-10,13,15,27H,6,11-12,22H2,1-5H3,(H2,23,24,25,26). The molecule has 1 aliphatic heterocycles. The third-order valence-electron chi connectivity index (χ3n) is 5.07. The maximum atomic E-state index is 6.41. The first-order chi connectivity index (χ1) is 12.7. The number of benzene rings is 1. The Hall–Kier alpha value is -2.34. The Bertz CT molecular complexity index is 783. The third kappa shape index (κ3) is 4.69. The molecule has 0 amide bonds. The molecule has 0 bridgehead atoms. The van der Waals surface area contributed by atoms with E-state index in [1.165, 1.54) is 5.56 Å². The van der Waals surface area contributed by atoms with E-state index in [0.717, 1.165) is 24.9 Å². The van der Waals surface area contributed by atoms with Crippen molar-refractivity contribution in [3.63, 3.8) is 0 Å². The molecule has 1 aromatic carbocycles. The molecule has 146 valence electrons. The van der Waals surface area contributed by atoms with Gasteiger partial charge in [0.25, 0.3) is 0 Å². The van der Waals surface area contributed by atoms with Crippen LogP contribution in [0.4, 0.5) is 23.0 Å². The summed E-state index contributed by atoms with van der Waals surface area (Å²) in [5, 5.41) is 10.6. The molecule has 3 rings (SSSR count). The van der Waals surface area contributed by atoms with Crippen molar-refractivity contribution in [2.45, 2.75) is 71.0 Å². The molecule has 0 unspecified atom stereocenters. The van der Waals surface area contributed by atoms with Gasteiger partial charge in [-0.3, -0.25) is 0 Å². The van der Waals surface area contributed by atoms with Crippen molar-refractivity contribution in [3.05, 3.63) is 36.2 Å². The first kappa shape index (κ1) is 19.4. The van der Waals surface area contributed by atoms with E-state index in [1.54, 1.807) is 6.33 Å². The Balaban J connectivity index is 1.81. The highest BCUT2D eigenvalue weighted by Crippen LogP contribution is 2.33. The second-order valence-corrected chi connectivity index (χ2v) is 8.76. The van der Waals surface area contributed by atoms with E-state index in [2.05, 4.69) is 66.6 Å². The molecule has 27 heavy (non-hydrogen) atoms. The van der Waals surface area contributed by atoms with Gasteiger partial charge in [-0.05, 0) is 58.6 Å². The summed E-state index contributed by atoms with van der Waals surface area (Å²) in [5.41, 5.74) is 9.34. The van der Waals surface area contributed by atoms with Crippen molar-refractivity contribution in [2.75, 3.05) is 16.4 Å². The summed E-state index contributed by atoms with van der Waals surface area (Å²) in [6.45, 7) is 11.1. The summed E-state index contributed by atoms with van der Waals surface area (Å²) >= 11 is 0. The number of hydrogen-bond acceptors (Lipinski definition) is 6. The average Bonchev–Trinajstić information content (AvgIpc) is 2.56. The number of nitrogens with two attached hydrogens (primary N) is 1. The second kappa shape index (κ2) is 7.35. The normalized spacial score (nSPS) is 18.9. The minimum absolute atomic E-state index is 0.0579. The van der Waals surface area contributed by atoms with E-state index in [1.807, 2.05) is 18.2 Å². The summed E-state index contributed by atoms with van der Waals surface area (Å²) in [7, 11) is 0. The van der Waals surface area contributed by atoms with Gasteiger partial charge in [-0.1, -0.05) is 25.1 Å². The highest BCUT2D eigenvalue weighted by atomic mass is 15.1. The number of hydrogen-bond donors (Lipinski definition) is 4. The molecule has 1 saturated heterocycles. The molecule has 0 atom stereocenters. The van der Waals surface area contributed by atoms with Gasteiger partial charge < -0.3 is 21.7 Å². The zero-order valence-electron chi connectivity index (χ0n) is 17.1. The van der Waals surface area contributed by atoms with E-state index in [0.29, 0.717) is 23.4 Å². The van der Waals surface area contributed by atoms with Gasteiger partial charge in [-0.15, -0.1) is 0 Å². The number of aryl methyl sites for hydroxylation is 1. The molecule has 5 N–H and O–H groups in total. The maximum absolute atomic E-state index is 6.41.